The molecular weight excluding hydrogens is 488 g/mol. The molecule has 0 radical (unpaired) electrons. The largest absolute Gasteiger partial charge is 0.396 e. The lowest BCUT2D eigenvalue weighted by molar-refractivity contribution is 0.00446. The molecular formula is C24H33ClN6O3S. The van der Waals surface area contributed by atoms with E-state index in [1.807, 2.05) is 19.9 Å². The molecule has 11 heteroatoms. The van der Waals surface area contributed by atoms with Gasteiger partial charge < -0.3 is 26.0 Å². The molecule has 0 saturated heterocycles. The lowest BCUT2D eigenvalue weighted by atomic mass is 9.80. The molecule has 9 nitrogen and oxygen atoms in total. The number of hydrogen-bond donors (Lipinski definition) is 5. The van der Waals surface area contributed by atoms with Gasteiger partial charge in [-0.15, -0.1) is 23.7 Å². The maximum Gasteiger partial charge on any atom is 0.225 e. The third-order valence-corrected chi connectivity index (χ3v) is 8.32. The van der Waals surface area contributed by atoms with E-state index in [9.17, 15) is 15.3 Å². The van der Waals surface area contributed by atoms with Gasteiger partial charge in [-0.1, -0.05) is 6.42 Å². The second-order valence-corrected chi connectivity index (χ2v) is 10.7. The number of nitrogens with one attached hydrogen (secondary N) is 2. The predicted octanol–water partition coefficient (Wildman–Crippen LogP) is 3.30. The Balaban J connectivity index is 0.00000289. The summed E-state index contributed by atoms with van der Waals surface area (Å²) in [6.45, 7) is 5.87. The van der Waals surface area contributed by atoms with Gasteiger partial charge in [0.1, 0.15) is 22.4 Å². The summed E-state index contributed by atoms with van der Waals surface area (Å²) >= 11 is 1.55. The summed E-state index contributed by atoms with van der Waals surface area (Å²) in [6.07, 6.45) is 3.91. The minimum absolute atomic E-state index is 0. The van der Waals surface area contributed by atoms with E-state index in [0.29, 0.717) is 24.1 Å². The van der Waals surface area contributed by atoms with Crippen molar-refractivity contribution in [1.82, 2.24) is 19.9 Å². The normalized spacial score (nSPS) is 25.2. The number of aryl methyl sites for hydroxylation is 2. The van der Waals surface area contributed by atoms with Gasteiger partial charge in [-0.2, -0.15) is 4.98 Å². The first kappa shape index (κ1) is 26.0. The van der Waals surface area contributed by atoms with Crippen molar-refractivity contribution < 1.29 is 15.3 Å². The molecule has 0 amide bonds. The Kier molecular flexibility index (Phi) is 7.77. The molecule has 5 N–H and O–H groups in total. The highest BCUT2D eigenvalue weighted by Crippen LogP contribution is 2.38. The van der Waals surface area contributed by atoms with Crippen LogP contribution in [0.1, 0.15) is 44.0 Å². The van der Waals surface area contributed by atoms with Crippen LogP contribution < -0.4 is 10.6 Å². The molecule has 0 unspecified atom stereocenters. The number of pyridine rings is 1. The Morgan fingerprint density at radius 1 is 1.14 bits per heavy atom. The zero-order chi connectivity index (χ0) is 24.0. The molecule has 2 fully saturated rings. The van der Waals surface area contributed by atoms with Gasteiger partial charge in [0, 0.05) is 24.3 Å². The van der Waals surface area contributed by atoms with Crippen molar-refractivity contribution in [3.05, 3.63) is 23.7 Å². The van der Waals surface area contributed by atoms with Gasteiger partial charge in [-0.05, 0) is 52.0 Å². The maximum absolute atomic E-state index is 10.6. The number of halogens is 1. The van der Waals surface area contributed by atoms with E-state index >= 15 is 0 Å². The average molecular weight is 521 g/mol. The summed E-state index contributed by atoms with van der Waals surface area (Å²) in [5.41, 5.74) is 3.29. The summed E-state index contributed by atoms with van der Waals surface area (Å²) in [5, 5.41) is 38.1. The van der Waals surface area contributed by atoms with Crippen LogP contribution in [0.2, 0.25) is 0 Å². The van der Waals surface area contributed by atoms with Crippen molar-refractivity contribution in [2.24, 2.45) is 11.8 Å². The number of thiazole rings is 1. The van der Waals surface area contributed by atoms with E-state index in [-0.39, 0.29) is 31.0 Å². The molecule has 3 aromatic heterocycles. The van der Waals surface area contributed by atoms with Crippen molar-refractivity contribution in [2.75, 3.05) is 17.2 Å². The topological polar surface area (TPSA) is 136 Å². The molecule has 190 valence electrons. The van der Waals surface area contributed by atoms with Crippen molar-refractivity contribution in [2.45, 2.75) is 70.7 Å². The summed E-state index contributed by atoms with van der Waals surface area (Å²) in [4.78, 5) is 18.7. The highest BCUT2D eigenvalue weighted by molar-refractivity contribution is 7.21. The Labute approximate surface area is 214 Å². The number of hydrogen-bond acceptors (Lipinski definition) is 10. The van der Waals surface area contributed by atoms with Crippen molar-refractivity contribution >= 4 is 45.7 Å². The highest BCUT2D eigenvalue weighted by Gasteiger charge is 2.41. The smallest absolute Gasteiger partial charge is 0.225 e. The summed E-state index contributed by atoms with van der Waals surface area (Å²) in [5.74, 6) is 1.34. The molecule has 5 rings (SSSR count). The van der Waals surface area contributed by atoms with E-state index < -0.39 is 18.2 Å². The zero-order valence-corrected chi connectivity index (χ0v) is 21.7. The number of aliphatic hydroxyl groups is 3. The van der Waals surface area contributed by atoms with Gasteiger partial charge in [0.05, 0.1) is 34.3 Å². The summed E-state index contributed by atoms with van der Waals surface area (Å²) in [6, 6.07) is 1.83. The van der Waals surface area contributed by atoms with E-state index in [1.54, 1.807) is 17.5 Å². The van der Waals surface area contributed by atoms with Gasteiger partial charge in [0.15, 0.2) is 0 Å². The second-order valence-electron chi connectivity index (χ2n) is 9.70. The van der Waals surface area contributed by atoms with Gasteiger partial charge in [0.25, 0.3) is 0 Å². The number of fused-ring (bicyclic) bond motifs is 1. The minimum Gasteiger partial charge on any atom is -0.396 e. The van der Waals surface area contributed by atoms with Gasteiger partial charge in [-0.3, -0.25) is 4.98 Å². The Bertz CT molecular complexity index is 1190. The fraction of sp³-hybridized carbons (Fsp3) is 0.583. The van der Waals surface area contributed by atoms with Crippen LogP contribution >= 0.6 is 23.7 Å². The number of aliphatic hydroxyl groups excluding tert-OH is 3. The third-order valence-electron chi connectivity index (χ3n) is 7.29. The molecule has 0 bridgehead atoms. The molecule has 0 spiro atoms. The van der Waals surface area contributed by atoms with Crippen molar-refractivity contribution in [1.29, 1.82) is 0 Å². The van der Waals surface area contributed by atoms with Crippen LogP contribution in [-0.2, 0) is 0 Å². The first-order chi connectivity index (χ1) is 16.3. The van der Waals surface area contributed by atoms with Gasteiger partial charge >= 0.3 is 0 Å². The molecule has 35 heavy (non-hydrogen) atoms. The van der Waals surface area contributed by atoms with Gasteiger partial charge in [-0.25, -0.2) is 9.97 Å². The molecule has 0 aromatic carbocycles. The van der Waals surface area contributed by atoms with Gasteiger partial charge in [0.2, 0.25) is 5.95 Å². The monoisotopic (exact) mass is 520 g/mol. The number of anilines is 2. The maximum atomic E-state index is 10.6. The van der Waals surface area contributed by atoms with Crippen LogP contribution in [0, 0.1) is 25.7 Å². The lowest BCUT2D eigenvalue weighted by Crippen LogP contribution is -2.36. The lowest BCUT2D eigenvalue weighted by Gasteiger charge is -2.32. The average Bonchev–Trinajstić information content (AvgIpc) is 3.27. The zero-order valence-electron chi connectivity index (χ0n) is 20.1. The van der Waals surface area contributed by atoms with Crippen molar-refractivity contribution in [3.8, 4) is 10.6 Å². The predicted molar refractivity (Wildman–Crippen MR) is 140 cm³/mol. The van der Waals surface area contributed by atoms with E-state index in [2.05, 4.69) is 22.5 Å². The first-order valence-corrected chi connectivity index (χ1v) is 12.8. The fourth-order valence-corrected chi connectivity index (χ4v) is 6.05. The van der Waals surface area contributed by atoms with Crippen LogP contribution in [0.15, 0.2) is 12.3 Å². The SMILES string of the molecule is Cc1cc2sc(-c3c(C)nc(N[C@H](C)C4CCC4)nc3N[C@@H]3C[C@H](CO)[C@@H](O)[C@H]3O)nc2cn1.Cl. The van der Waals surface area contributed by atoms with E-state index in [1.165, 1.54) is 19.3 Å². The third kappa shape index (κ3) is 5.08. The summed E-state index contributed by atoms with van der Waals surface area (Å²) < 4.78 is 1.03. The first-order valence-electron chi connectivity index (χ1n) is 12.0. The summed E-state index contributed by atoms with van der Waals surface area (Å²) in [7, 11) is 0. The quantitative estimate of drug-likeness (QED) is 0.318. The number of rotatable bonds is 7. The minimum atomic E-state index is -1.01. The number of aromatic nitrogens is 4. The van der Waals surface area contributed by atoms with Crippen LogP contribution in [-0.4, -0.2) is 66.2 Å². The van der Waals surface area contributed by atoms with Crippen molar-refractivity contribution in [3.63, 3.8) is 0 Å². The second kappa shape index (κ2) is 10.5. The van der Waals surface area contributed by atoms with Crippen LogP contribution in [0.4, 0.5) is 11.8 Å². The van der Waals surface area contributed by atoms with Crippen LogP contribution in [0.25, 0.3) is 20.8 Å². The molecule has 3 aromatic rings. The molecule has 2 aliphatic rings. The van der Waals surface area contributed by atoms with E-state index in [0.717, 1.165) is 32.2 Å². The van der Waals surface area contributed by atoms with Crippen LogP contribution in [0.5, 0.6) is 0 Å². The van der Waals surface area contributed by atoms with Crippen LogP contribution in [0.3, 0.4) is 0 Å². The fourth-order valence-electron chi connectivity index (χ4n) is 4.92. The molecule has 0 aliphatic heterocycles. The molecule has 2 saturated carbocycles. The standard InChI is InChI=1S/C24H32N6O3S.ClH/c1-11-7-18-17(9-25-11)29-23(34-18)19-13(3)27-24(26-12(2)14-5-4-6-14)30-22(19)28-16-8-15(10-31)20(32)21(16)33;/h7,9,12,14-16,20-21,31-33H,4-6,8,10H2,1-3H3,(H2,26,27,28,30);1H/t12-,15-,16-,20-,21+;/m1./s1. The van der Waals surface area contributed by atoms with E-state index in [4.69, 9.17) is 15.0 Å². The Morgan fingerprint density at radius 3 is 2.57 bits per heavy atom. The Morgan fingerprint density at radius 2 is 1.91 bits per heavy atom. The molecule has 3 heterocycles. The molecule has 2 aliphatic carbocycles. The molecule has 5 atom stereocenters. The Hall–Kier alpha value is -2.11. The number of nitrogens with zero attached hydrogens (tertiary/aromatic N) is 4. The highest BCUT2D eigenvalue weighted by atomic mass is 35.5.